The van der Waals surface area contributed by atoms with Crippen molar-refractivity contribution in [3.63, 3.8) is 0 Å². The molecule has 0 aromatic carbocycles. The highest BCUT2D eigenvalue weighted by Crippen LogP contribution is 2.27. The third-order valence-corrected chi connectivity index (χ3v) is 4.41. The lowest BCUT2D eigenvalue weighted by Gasteiger charge is -2.32. The Morgan fingerprint density at radius 2 is 2.26 bits per heavy atom. The number of furan rings is 1. The number of aryl methyl sites for hydroxylation is 1. The molecule has 4 nitrogen and oxygen atoms in total. The minimum atomic E-state index is -0.0582. The van der Waals surface area contributed by atoms with Crippen molar-refractivity contribution in [2.75, 3.05) is 13.1 Å². The standard InChI is InChI=1S/C15H22N2O2/c1-2-11-6-7-14(19-11)15(18)16-12-8-10-17-9-4-3-5-13(12)17/h6-7,12-13H,2-5,8-10H2,1H3,(H,16,18)/t12-,13-/m1/s1. The smallest absolute Gasteiger partial charge is 0.287 e. The summed E-state index contributed by atoms with van der Waals surface area (Å²) >= 11 is 0. The van der Waals surface area contributed by atoms with Gasteiger partial charge in [0, 0.05) is 25.0 Å². The highest BCUT2D eigenvalue weighted by molar-refractivity contribution is 5.91. The number of hydrogen-bond acceptors (Lipinski definition) is 3. The van der Waals surface area contributed by atoms with Gasteiger partial charge >= 0.3 is 0 Å². The molecule has 2 fully saturated rings. The van der Waals surface area contributed by atoms with Gasteiger partial charge in [-0.2, -0.15) is 0 Å². The van der Waals surface area contributed by atoms with E-state index in [0.29, 0.717) is 17.8 Å². The molecule has 104 valence electrons. The molecule has 1 aromatic heterocycles. The largest absolute Gasteiger partial charge is 0.456 e. The van der Waals surface area contributed by atoms with E-state index in [1.165, 1.54) is 25.8 Å². The molecular weight excluding hydrogens is 240 g/mol. The number of carbonyl (C=O) groups is 1. The van der Waals surface area contributed by atoms with Crippen molar-refractivity contribution in [1.29, 1.82) is 0 Å². The number of fused-ring (bicyclic) bond motifs is 1. The zero-order valence-electron chi connectivity index (χ0n) is 11.5. The summed E-state index contributed by atoms with van der Waals surface area (Å²) < 4.78 is 5.52. The van der Waals surface area contributed by atoms with E-state index in [-0.39, 0.29) is 5.91 Å². The molecule has 0 aliphatic carbocycles. The van der Waals surface area contributed by atoms with Crippen molar-refractivity contribution in [2.24, 2.45) is 0 Å². The Morgan fingerprint density at radius 1 is 1.37 bits per heavy atom. The fourth-order valence-electron chi connectivity index (χ4n) is 3.35. The summed E-state index contributed by atoms with van der Waals surface area (Å²) in [6, 6.07) is 4.50. The van der Waals surface area contributed by atoms with E-state index < -0.39 is 0 Å². The Balaban J connectivity index is 1.63. The topological polar surface area (TPSA) is 45.5 Å². The maximum Gasteiger partial charge on any atom is 0.287 e. The second-order valence-electron chi connectivity index (χ2n) is 5.59. The molecule has 3 heterocycles. The van der Waals surface area contributed by atoms with Gasteiger partial charge in [-0.15, -0.1) is 0 Å². The van der Waals surface area contributed by atoms with E-state index in [1.54, 1.807) is 6.07 Å². The monoisotopic (exact) mass is 262 g/mol. The second kappa shape index (κ2) is 5.37. The van der Waals surface area contributed by atoms with Crippen molar-refractivity contribution < 1.29 is 9.21 Å². The van der Waals surface area contributed by atoms with Gasteiger partial charge in [0.2, 0.25) is 0 Å². The average Bonchev–Trinajstić information content (AvgIpc) is 3.06. The van der Waals surface area contributed by atoms with Crippen LogP contribution in [0.3, 0.4) is 0 Å². The van der Waals surface area contributed by atoms with Gasteiger partial charge in [0.15, 0.2) is 5.76 Å². The molecule has 0 unspecified atom stereocenters. The number of nitrogens with one attached hydrogen (secondary N) is 1. The SMILES string of the molecule is CCc1ccc(C(=O)N[C@@H]2CCN3CCCC[C@H]23)o1. The summed E-state index contributed by atoms with van der Waals surface area (Å²) in [5, 5.41) is 3.16. The summed E-state index contributed by atoms with van der Waals surface area (Å²) in [4.78, 5) is 14.7. The summed E-state index contributed by atoms with van der Waals surface area (Å²) in [5.74, 6) is 1.26. The van der Waals surface area contributed by atoms with Gasteiger partial charge in [0.05, 0.1) is 0 Å². The van der Waals surface area contributed by atoms with Crippen molar-refractivity contribution in [2.45, 2.75) is 51.1 Å². The zero-order chi connectivity index (χ0) is 13.2. The Kier molecular flexibility index (Phi) is 3.60. The van der Waals surface area contributed by atoms with Gasteiger partial charge in [-0.1, -0.05) is 13.3 Å². The van der Waals surface area contributed by atoms with Crippen LogP contribution in [0.4, 0.5) is 0 Å². The first kappa shape index (κ1) is 12.7. The molecule has 1 aromatic rings. The van der Waals surface area contributed by atoms with Crippen LogP contribution in [0.15, 0.2) is 16.5 Å². The lowest BCUT2D eigenvalue weighted by atomic mass is 9.99. The first-order valence-electron chi connectivity index (χ1n) is 7.41. The van der Waals surface area contributed by atoms with Crippen LogP contribution in [-0.2, 0) is 6.42 Å². The first-order valence-corrected chi connectivity index (χ1v) is 7.41. The van der Waals surface area contributed by atoms with Crippen LogP contribution in [0, 0.1) is 0 Å². The molecule has 4 heteroatoms. The van der Waals surface area contributed by atoms with Crippen LogP contribution in [-0.4, -0.2) is 36.0 Å². The molecule has 0 radical (unpaired) electrons. The van der Waals surface area contributed by atoms with Crippen molar-refractivity contribution >= 4 is 5.91 Å². The van der Waals surface area contributed by atoms with Crippen LogP contribution < -0.4 is 5.32 Å². The molecule has 2 aliphatic rings. The predicted octanol–water partition coefficient (Wildman–Crippen LogP) is 2.20. The van der Waals surface area contributed by atoms with E-state index in [9.17, 15) is 4.79 Å². The molecular formula is C15H22N2O2. The Hall–Kier alpha value is -1.29. The molecule has 0 bridgehead atoms. The molecule has 2 atom stereocenters. The van der Waals surface area contributed by atoms with Crippen molar-refractivity contribution in [3.8, 4) is 0 Å². The fraction of sp³-hybridized carbons (Fsp3) is 0.667. The zero-order valence-corrected chi connectivity index (χ0v) is 11.5. The lowest BCUT2D eigenvalue weighted by Crippen LogP contribution is -2.46. The number of hydrogen-bond donors (Lipinski definition) is 1. The molecule has 1 N–H and O–H groups in total. The van der Waals surface area contributed by atoms with Gasteiger partial charge in [0.25, 0.3) is 5.91 Å². The third-order valence-electron chi connectivity index (χ3n) is 4.41. The highest BCUT2D eigenvalue weighted by atomic mass is 16.3. The number of nitrogens with zero attached hydrogens (tertiary/aromatic N) is 1. The molecule has 2 aliphatic heterocycles. The highest BCUT2D eigenvalue weighted by Gasteiger charge is 2.36. The van der Waals surface area contributed by atoms with Crippen LogP contribution >= 0.6 is 0 Å². The third kappa shape index (κ3) is 2.54. The number of rotatable bonds is 3. The molecule has 1 amide bonds. The van der Waals surface area contributed by atoms with E-state index in [1.807, 2.05) is 13.0 Å². The fourth-order valence-corrected chi connectivity index (χ4v) is 3.35. The molecule has 19 heavy (non-hydrogen) atoms. The van der Waals surface area contributed by atoms with E-state index >= 15 is 0 Å². The number of piperidine rings is 1. The summed E-state index contributed by atoms with van der Waals surface area (Å²) in [6.45, 7) is 4.34. The molecule has 0 spiro atoms. The minimum absolute atomic E-state index is 0.0582. The maximum absolute atomic E-state index is 12.2. The van der Waals surface area contributed by atoms with Crippen LogP contribution in [0.2, 0.25) is 0 Å². The Labute approximate surface area is 114 Å². The minimum Gasteiger partial charge on any atom is -0.456 e. The molecule has 0 saturated carbocycles. The second-order valence-corrected chi connectivity index (χ2v) is 5.59. The van der Waals surface area contributed by atoms with E-state index in [4.69, 9.17) is 4.42 Å². The first-order chi connectivity index (χ1) is 9.28. The molecule has 3 rings (SSSR count). The number of amides is 1. The number of carbonyl (C=O) groups excluding carboxylic acids is 1. The average molecular weight is 262 g/mol. The van der Waals surface area contributed by atoms with Gasteiger partial charge in [-0.05, 0) is 37.9 Å². The lowest BCUT2D eigenvalue weighted by molar-refractivity contribution is 0.0886. The van der Waals surface area contributed by atoms with Crippen molar-refractivity contribution in [1.82, 2.24) is 10.2 Å². The summed E-state index contributed by atoms with van der Waals surface area (Å²) in [5.41, 5.74) is 0. The Bertz CT molecular complexity index is 455. The van der Waals surface area contributed by atoms with E-state index in [2.05, 4.69) is 10.2 Å². The van der Waals surface area contributed by atoms with Crippen molar-refractivity contribution in [3.05, 3.63) is 23.7 Å². The van der Waals surface area contributed by atoms with Crippen LogP contribution in [0.25, 0.3) is 0 Å². The maximum atomic E-state index is 12.2. The Morgan fingerprint density at radius 3 is 3.05 bits per heavy atom. The summed E-state index contributed by atoms with van der Waals surface area (Å²) in [6.07, 6.45) is 5.69. The summed E-state index contributed by atoms with van der Waals surface area (Å²) in [7, 11) is 0. The van der Waals surface area contributed by atoms with Crippen LogP contribution in [0.1, 0.15) is 48.9 Å². The quantitative estimate of drug-likeness (QED) is 0.908. The van der Waals surface area contributed by atoms with E-state index in [0.717, 1.165) is 25.1 Å². The van der Waals surface area contributed by atoms with Gasteiger partial charge in [0.1, 0.15) is 5.76 Å². The van der Waals surface area contributed by atoms with Crippen LogP contribution in [0.5, 0.6) is 0 Å². The van der Waals surface area contributed by atoms with Gasteiger partial charge < -0.3 is 9.73 Å². The van der Waals surface area contributed by atoms with Gasteiger partial charge in [-0.3, -0.25) is 9.69 Å². The predicted molar refractivity (Wildman–Crippen MR) is 73.2 cm³/mol. The molecule has 2 saturated heterocycles. The van der Waals surface area contributed by atoms with Gasteiger partial charge in [-0.25, -0.2) is 0 Å². The normalized spacial score (nSPS) is 27.2.